The molecule has 0 saturated heterocycles. The van der Waals surface area contributed by atoms with Gasteiger partial charge < -0.3 is 0 Å². The van der Waals surface area contributed by atoms with Gasteiger partial charge in [0.15, 0.2) is 11.6 Å². The second kappa shape index (κ2) is 7.51. The van der Waals surface area contributed by atoms with Crippen molar-refractivity contribution in [3.05, 3.63) is 58.2 Å². The van der Waals surface area contributed by atoms with E-state index in [1.807, 2.05) is 24.3 Å². The summed E-state index contributed by atoms with van der Waals surface area (Å²) in [4.78, 5) is 26.6. The number of carbonyl (C=O) groups is 2. The van der Waals surface area contributed by atoms with Crippen LogP contribution in [-0.2, 0) is 0 Å². The average Bonchev–Trinajstić information content (AvgIpc) is 2.62. The van der Waals surface area contributed by atoms with E-state index >= 15 is 0 Å². The highest BCUT2D eigenvalue weighted by Crippen LogP contribution is 2.46. The Morgan fingerprint density at radius 2 is 1.32 bits per heavy atom. The first-order valence-corrected chi connectivity index (χ1v) is 9.73. The third kappa shape index (κ3) is 3.03. The van der Waals surface area contributed by atoms with Crippen molar-refractivity contribution in [2.75, 3.05) is 0 Å². The highest BCUT2D eigenvalue weighted by atomic mass is 16.1. The van der Waals surface area contributed by atoms with E-state index in [2.05, 4.69) is 26.8 Å². The molecule has 132 valence electrons. The molecule has 0 saturated carbocycles. The summed E-state index contributed by atoms with van der Waals surface area (Å²) in [5, 5.41) is 0. The summed E-state index contributed by atoms with van der Waals surface area (Å²) in [5.41, 5.74) is 4.95. The molecule has 2 unspecified atom stereocenters. The number of allylic oxidation sites excluding steroid dienone is 4. The van der Waals surface area contributed by atoms with Crippen LogP contribution in [0.3, 0.4) is 0 Å². The summed E-state index contributed by atoms with van der Waals surface area (Å²) in [6.07, 6.45) is 8.14. The fraction of sp³-hybridized carbons (Fsp3) is 0.478. The molecular weight excluding hydrogens is 308 g/mol. The molecule has 0 fully saturated rings. The van der Waals surface area contributed by atoms with Crippen molar-refractivity contribution >= 4 is 11.6 Å². The molecule has 0 radical (unpaired) electrons. The Hall–Kier alpha value is -1.96. The molecule has 0 spiro atoms. The van der Waals surface area contributed by atoms with Crippen LogP contribution in [-0.4, -0.2) is 11.6 Å². The molecule has 0 aliphatic heterocycles. The van der Waals surface area contributed by atoms with Gasteiger partial charge in [-0.3, -0.25) is 9.59 Å². The second-order valence-electron chi connectivity index (χ2n) is 7.25. The molecule has 0 bridgehead atoms. The Kier molecular flexibility index (Phi) is 5.36. The van der Waals surface area contributed by atoms with Gasteiger partial charge in [0.05, 0.1) is 11.8 Å². The van der Waals surface area contributed by atoms with Crippen LogP contribution in [0.2, 0.25) is 0 Å². The molecule has 2 atom stereocenters. The van der Waals surface area contributed by atoms with Crippen LogP contribution in [0.1, 0.15) is 80.0 Å². The fourth-order valence-corrected chi connectivity index (χ4v) is 4.50. The number of ketones is 2. The third-order valence-electron chi connectivity index (χ3n) is 5.48. The molecule has 2 aliphatic carbocycles. The normalized spacial score (nSPS) is 22.6. The summed E-state index contributed by atoms with van der Waals surface area (Å²) >= 11 is 0. The molecule has 25 heavy (non-hydrogen) atoms. The summed E-state index contributed by atoms with van der Waals surface area (Å²) < 4.78 is 0. The van der Waals surface area contributed by atoms with Gasteiger partial charge in [-0.25, -0.2) is 0 Å². The van der Waals surface area contributed by atoms with Crippen LogP contribution in [0.15, 0.2) is 47.1 Å². The molecule has 0 heterocycles. The van der Waals surface area contributed by atoms with Crippen molar-refractivity contribution < 1.29 is 9.59 Å². The minimum Gasteiger partial charge on any atom is -0.293 e. The first kappa shape index (κ1) is 17.8. The average molecular weight is 336 g/mol. The zero-order valence-corrected chi connectivity index (χ0v) is 15.6. The number of hydrogen-bond acceptors (Lipinski definition) is 2. The van der Waals surface area contributed by atoms with Gasteiger partial charge in [-0.15, -0.1) is 0 Å². The van der Waals surface area contributed by atoms with E-state index in [1.54, 1.807) is 0 Å². The monoisotopic (exact) mass is 336 g/mol. The quantitative estimate of drug-likeness (QED) is 0.644. The maximum atomic E-state index is 13.4. The largest absolute Gasteiger partial charge is 0.293 e. The molecule has 1 aromatic carbocycles. The van der Waals surface area contributed by atoms with Crippen LogP contribution in [0, 0.1) is 11.8 Å². The molecule has 0 N–H and O–H groups in total. The van der Waals surface area contributed by atoms with Gasteiger partial charge in [0, 0.05) is 11.1 Å². The van der Waals surface area contributed by atoms with E-state index in [0.29, 0.717) is 11.1 Å². The summed E-state index contributed by atoms with van der Waals surface area (Å²) in [6.45, 7) is 6.47. The third-order valence-corrected chi connectivity index (χ3v) is 5.48. The van der Waals surface area contributed by atoms with Crippen molar-refractivity contribution in [1.82, 2.24) is 0 Å². The van der Waals surface area contributed by atoms with Crippen LogP contribution >= 0.6 is 0 Å². The minimum absolute atomic E-state index is 0.143. The predicted molar refractivity (Wildman–Crippen MR) is 102 cm³/mol. The maximum absolute atomic E-state index is 13.4. The lowest BCUT2D eigenvalue weighted by Gasteiger charge is -2.38. The van der Waals surface area contributed by atoms with Gasteiger partial charge in [0.2, 0.25) is 0 Å². The number of fused-ring (bicyclic) bond motifs is 2. The smallest absolute Gasteiger partial charge is 0.171 e. The van der Waals surface area contributed by atoms with Gasteiger partial charge >= 0.3 is 0 Å². The standard InChI is InChI=1S/C23H28O2/c1-4-9-15-14-16(10-5-2)20-21(17(15)11-6-3)23(25)19-13-8-7-12-18(19)22(20)24/h7-8,12-14,20-21H,4-6,9-11H2,1-3H3. The van der Waals surface area contributed by atoms with Crippen LogP contribution in [0.25, 0.3) is 0 Å². The van der Waals surface area contributed by atoms with Gasteiger partial charge in [-0.1, -0.05) is 81.5 Å². The van der Waals surface area contributed by atoms with Crippen molar-refractivity contribution in [3.8, 4) is 0 Å². The number of benzene rings is 1. The van der Waals surface area contributed by atoms with Crippen molar-refractivity contribution in [3.63, 3.8) is 0 Å². The summed E-state index contributed by atoms with van der Waals surface area (Å²) in [6, 6.07) is 7.38. The van der Waals surface area contributed by atoms with Crippen molar-refractivity contribution in [2.45, 2.75) is 59.3 Å². The van der Waals surface area contributed by atoms with E-state index in [9.17, 15) is 9.59 Å². The molecule has 2 nitrogen and oxygen atoms in total. The summed E-state index contributed by atoms with van der Waals surface area (Å²) in [7, 11) is 0. The molecule has 0 amide bonds. The minimum atomic E-state index is -0.274. The van der Waals surface area contributed by atoms with Gasteiger partial charge in [0.1, 0.15) is 0 Å². The first-order chi connectivity index (χ1) is 12.1. The van der Waals surface area contributed by atoms with E-state index in [0.717, 1.165) is 38.5 Å². The van der Waals surface area contributed by atoms with Gasteiger partial charge in [0.25, 0.3) is 0 Å². The lowest BCUT2D eigenvalue weighted by atomic mass is 9.63. The van der Waals surface area contributed by atoms with E-state index < -0.39 is 0 Å². The molecule has 2 heteroatoms. The maximum Gasteiger partial charge on any atom is 0.171 e. The number of Topliss-reactive ketones (excluding diaryl/α,β-unsaturated/α-hetero) is 2. The molecule has 1 aromatic rings. The fourth-order valence-electron chi connectivity index (χ4n) is 4.50. The van der Waals surface area contributed by atoms with Crippen LogP contribution < -0.4 is 0 Å². The topological polar surface area (TPSA) is 34.1 Å². The second-order valence-corrected chi connectivity index (χ2v) is 7.25. The van der Waals surface area contributed by atoms with Crippen molar-refractivity contribution in [2.24, 2.45) is 11.8 Å². The Bertz CT molecular complexity index is 751. The highest BCUT2D eigenvalue weighted by molar-refractivity contribution is 6.18. The Morgan fingerprint density at radius 3 is 1.88 bits per heavy atom. The molecular formula is C23H28O2. The van der Waals surface area contributed by atoms with Crippen molar-refractivity contribution in [1.29, 1.82) is 0 Å². The van der Waals surface area contributed by atoms with E-state index in [-0.39, 0.29) is 23.4 Å². The first-order valence-electron chi connectivity index (χ1n) is 9.73. The zero-order chi connectivity index (χ0) is 18.0. The highest BCUT2D eigenvalue weighted by Gasteiger charge is 2.46. The summed E-state index contributed by atoms with van der Waals surface area (Å²) in [5.74, 6) is -0.247. The Balaban J connectivity index is 2.19. The van der Waals surface area contributed by atoms with E-state index in [4.69, 9.17) is 0 Å². The molecule has 0 aromatic heterocycles. The number of rotatable bonds is 6. The van der Waals surface area contributed by atoms with Gasteiger partial charge in [-0.2, -0.15) is 0 Å². The zero-order valence-electron chi connectivity index (χ0n) is 15.6. The molecule has 3 rings (SSSR count). The van der Waals surface area contributed by atoms with Gasteiger partial charge in [-0.05, 0) is 24.8 Å². The number of carbonyl (C=O) groups excluding carboxylic acids is 2. The van der Waals surface area contributed by atoms with Crippen LogP contribution in [0.5, 0.6) is 0 Å². The SMILES string of the molecule is CCCC1=CC(CCC)=C(CCC)C2C(=O)c3ccccc3C(=O)C12. The lowest BCUT2D eigenvalue weighted by molar-refractivity contribution is 0.0779. The number of hydrogen-bond donors (Lipinski definition) is 0. The lowest BCUT2D eigenvalue weighted by Crippen LogP contribution is -2.40. The Labute approximate surface area is 151 Å². The predicted octanol–water partition coefficient (Wildman–Crippen LogP) is 5.93. The molecule has 2 aliphatic rings. The Morgan fingerprint density at radius 1 is 0.760 bits per heavy atom. The van der Waals surface area contributed by atoms with E-state index in [1.165, 1.54) is 16.7 Å². The van der Waals surface area contributed by atoms with Crippen LogP contribution in [0.4, 0.5) is 0 Å².